The third-order valence-electron chi connectivity index (χ3n) is 7.74. The molecule has 3 aliphatic heterocycles. The third-order valence-corrected chi connectivity index (χ3v) is 7.74. The van der Waals surface area contributed by atoms with Gasteiger partial charge in [0, 0.05) is 23.2 Å². The van der Waals surface area contributed by atoms with E-state index in [1.807, 2.05) is 0 Å². The fourth-order valence-electron chi connectivity index (χ4n) is 6.09. The monoisotopic (exact) mass is 430 g/mol. The Morgan fingerprint density at radius 2 is 1.81 bits per heavy atom. The fourth-order valence-corrected chi connectivity index (χ4v) is 6.09. The second-order valence-corrected chi connectivity index (χ2v) is 9.58. The van der Waals surface area contributed by atoms with Crippen LogP contribution < -0.4 is 9.64 Å². The van der Waals surface area contributed by atoms with Gasteiger partial charge in [0.05, 0.1) is 17.8 Å². The van der Waals surface area contributed by atoms with E-state index in [0.29, 0.717) is 19.2 Å². The maximum Gasteiger partial charge on any atom is 0.320 e. The van der Waals surface area contributed by atoms with Crippen molar-refractivity contribution in [3.8, 4) is 11.9 Å². The van der Waals surface area contributed by atoms with Gasteiger partial charge in [-0.1, -0.05) is 30.3 Å². The van der Waals surface area contributed by atoms with E-state index >= 15 is 0 Å². The zero-order chi connectivity index (χ0) is 21.7. The first kappa shape index (κ1) is 19.8. The molecule has 0 spiro atoms. The largest absolute Gasteiger partial charge is 0.493 e. The zero-order valence-electron chi connectivity index (χ0n) is 18.7. The molecule has 0 radical (unpaired) electrons. The van der Waals surface area contributed by atoms with Crippen molar-refractivity contribution >= 4 is 16.5 Å². The van der Waals surface area contributed by atoms with Gasteiger partial charge >= 0.3 is 6.01 Å². The van der Waals surface area contributed by atoms with E-state index in [-0.39, 0.29) is 11.4 Å². The number of benzene rings is 2. The van der Waals surface area contributed by atoms with Crippen LogP contribution in [0, 0.1) is 6.92 Å². The molecule has 3 aliphatic rings. The van der Waals surface area contributed by atoms with E-state index in [2.05, 4.69) is 58.1 Å². The lowest BCUT2D eigenvalue weighted by molar-refractivity contribution is 0.106. The molecule has 2 aromatic carbocycles. The molecule has 0 amide bonds. The van der Waals surface area contributed by atoms with Crippen molar-refractivity contribution in [1.82, 2.24) is 14.9 Å². The summed E-state index contributed by atoms with van der Waals surface area (Å²) in [4.78, 5) is 14.0. The van der Waals surface area contributed by atoms with Gasteiger partial charge in [0.15, 0.2) is 0 Å². The average Bonchev–Trinajstić information content (AvgIpc) is 3.38. The summed E-state index contributed by atoms with van der Waals surface area (Å²) in [5.41, 5.74) is 4.36. The fraction of sp³-hybridized carbons (Fsp3) is 0.462. The minimum atomic E-state index is 0.0750. The van der Waals surface area contributed by atoms with Crippen LogP contribution in [0.2, 0.25) is 0 Å². The van der Waals surface area contributed by atoms with Gasteiger partial charge in [0.2, 0.25) is 5.88 Å². The van der Waals surface area contributed by atoms with Gasteiger partial charge in [-0.3, -0.25) is 4.90 Å². The summed E-state index contributed by atoms with van der Waals surface area (Å²) in [6.07, 6.45) is 5.55. The average molecular weight is 431 g/mol. The molecule has 1 N–H and O–H groups in total. The van der Waals surface area contributed by atoms with Crippen LogP contribution in [0.25, 0.3) is 10.8 Å². The van der Waals surface area contributed by atoms with Crippen molar-refractivity contribution < 1.29 is 9.84 Å². The molecule has 6 nitrogen and oxygen atoms in total. The molecule has 0 atom stereocenters. The predicted molar refractivity (Wildman–Crippen MR) is 125 cm³/mol. The van der Waals surface area contributed by atoms with Crippen molar-refractivity contribution in [1.29, 1.82) is 0 Å². The van der Waals surface area contributed by atoms with E-state index in [9.17, 15) is 5.11 Å². The van der Waals surface area contributed by atoms with Gasteiger partial charge in [-0.25, -0.2) is 0 Å². The molecule has 3 aromatic rings. The molecule has 6 rings (SSSR count). The molecule has 1 aromatic heterocycles. The van der Waals surface area contributed by atoms with Gasteiger partial charge in [-0.05, 0) is 69.1 Å². The second kappa shape index (κ2) is 7.62. The number of anilines is 1. The van der Waals surface area contributed by atoms with Crippen LogP contribution in [0.3, 0.4) is 0 Å². The predicted octanol–water partition coefficient (Wildman–Crippen LogP) is 4.21. The lowest BCUT2D eigenvalue weighted by Gasteiger charge is -2.32. The minimum absolute atomic E-state index is 0.0750. The molecule has 0 unspecified atom stereocenters. The Labute approximate surface area is 188 Å². The Hall–Kier alpha value is -2.86. The molecule has 4 heterocycles. The van der Waals surface area contributed by atoms with Crippen LogP contribution >= 0.6 is 0 Å². The van der Waals surface area contributed by atoms with E-state index in [4.69, 9.17) is 9.72 Å². The van der Waals surface area contributed by atoms with E-state index in [1.165, 1.54) is 60.8 Å². The molecule has 0 saturated carbocycles. The van der Waals surface area contributed by atoms with Gasteiger partial charge in [0.25, 0.3) is 0 Å². The Morgan fingerprint density at radius 3 is 2.62 bits per heavy atom. The first-order chi connectivity index (χ1) is 15.6. The number of aromatic hydroxyl groups is 1. The van der Waals surface area contributed by atoms with Crippen molar-refractivity contribution in [2.75, 3.05) is 31.1 Å². The summed E-state index contributed by atoms with van der Waals surface area (Å²) in [5, 5.41) is 13.2. The zero-order valence-corrected chi connectivity index (χ0v) is 18.7. The topological polar surface area (TPSA) is 61.7 Å². The maximum absolute atomic E-state index is 10.6. The molecular weight excluding hydrogens is 400 g/mol. The highest BCUT2D eigenvalue weighted by Gasteiger charge is 2.45. The molecule has 0 aliphatic carbocycles. The Kier molecular flexibility index (Phi) is 4.72. The van der Waals surface area contributed by atoms with Crippen molar-refractivity contribution in [3.05, 3.63) is 53.2 Å². The number of rotatable bonds is 4. The Balaban J connectivity index is 1.28. The number of fused-ring (bicyclic) bond motifs is 3. The van der Waals surface area contributed by atoms with Crippen LogP contribution in [-0.2, 0) is 13.0 Å². The highest BCUT2D eigenvalue weighted by atomic mass is 16.5. The number of aromatic nitrogens is 2. The van der Waals surface area contributed by atoms with Crippen LogP contribution in [0.4, 0.5) is 5.69 Å². The van der Waals surface area contributed by atoms with Gasteiger partial charge in [-0.15, -0.1) is 0 Å². The molecule has 166 valence electrons. The van der Waals surface area contributed by atoms with Gasteiger partial charge < -0.3 is 14.7 Å². The SMILES string of the molecule is Cc1cccc2cccc(N3CCc4c(O)nc(OCC56CCCN5CCC6)nc4C3)c12. The summed E-state index contributed by atoms with van der Waals surface area (Å²) in [6.45, 7) is 6.58. The summed E-state index contributed by atoms with van der Waals surface area (Å²) in [7, 11) is 0. The summed E-state index contributed by atoms with van der Waals surface area (Å²) < 4.78 is 6.13. The first-order valence-electron chi connectivity index (χ1n) is 11.8. The van der Waals surface area contributed by atoms with Crippen molar-refractivity contribution in [3.63, 3.8) is 0 Å². The standard InChI is InChI=1S/C26H30N4O2/c1-18-6-2-7-19-8-3-9-22(23(18)19)29-15-10-20-21(16-29)27-25(28-24(20)31)32-17-26-11-4-13-30(26)14-5-12-26/h2-3,6-9H,4-5,10-17H2,1H3,(H,27,28,31). The first-order valence-corrected chi connectivity index (χ1v) is 11.8. The molecule has 32 heavy (non-hydrogen) atoms. The minimum Gasteiger partial charge on any atom is -0.493 e. The smallest absolute Gasteiger partial charge is 0.320 e. The molecule has 2 saturated heterocycles. The summed E-state index contributed by atoms with van der Waals surface area (Å²) in [5.74, 6) is 0.0750. The van der Waals surface area contributed by atoms with Crippen molar-refractivity contribution in [2.45, 2.75) is 51.1 Å². The number of ether oxygens (including phenoxy) is 1. The summed E-state index contributed by atoms with van der Waals surface area (Å²) in [6, 6.07) is 13.2. The number of hydrogen-bond donors (Lipinski definition) is 1. The quantitative estimate of drug-likeness (QED) is 0.669. The van der Waals surface area contributed by atoms with Gasteiger partial charge in [0.1, 0.15) is 6.61 Å². The van der Waals surface area contributed by atoms with Gasteiger partial charge in [-0.2, -0.15) is 9.97 Å². The second-order valence-electron chi connectivity index (χ2n) is 9.58. The van der Waals surface area contributed by atoms with Crippen LogP contribution in [0.1, 0.15) is 42.5 Å². The highest BCUT2D eigenvalue weighted by molar-refractivity contribution is 5.96. The summed E-state index contributed by atoms with van der Waals surface area (Å²) >= 11 is 0. The molecule has 0 bridgehead atoms. The molecule has 6 heteroatoms. The molecule has 2 fully saturated rings. The van der Waals surface area contributed by atoms with E-state index in [0.717, 1.165) is 24.2 Å². The third kappa shape index (κ3) is 3.20. The lowest BCUT2D eigenvalue weighted by Crippen LogP contribution is -2.43. The molecular formula is C26H30N4O2. The Morgan fingerprint density at radius 1 is 1.03 bits per heavy atom. The number of nitrogens with zero attached hydrogens (tertiary/aromatic N) is 4. The van der Waals surface area contributed by atoms with Crippen LogP contribution in [0.15, 0.2) is 36.4 Å². The highest BCUT2D eigenvalue weighted by Crippen LogP contribution is 2.39. The number of aryl methyl sites for hydroxylation is 1. The van der Waals surface area contributed by atoms with E-state index < -0.39 is 0 Å². The lowest BCUT2D eigenvalue weighted by atomic mass is 9.95. The van der Waals surface area contributed by atoms with Crippen LogP contribution in [0.5, 0.6) is 11.9 Å². The maximum atomic E-state index is 10.6. The number of hydrogen-bond acceptors (Lipinski definition) is 6. The Bertz CT molecular complexity index is 1160. The van der Waals surface area contributed by atoms with Crippen molar-refractivity contribution in [2.24, 2.45) is 0 Å². The van der Waals surface area contributed by atoms with Crippen LogP contribution in [-0.4, -0.2) is 51.8 Å². The van der Waals surface area contributed by atoms with E-state index in [1.54, 1.807) is 0 Å². The normalized spacial score (nSPS) is 19.8.